The number of likely N-dealkylation sites (N-methyl/N-ethyl adjacent to an activating group) is 1. The summed E-state index contributed by atoms with van der Waals surface area (Å²) in [7, 11) is 1.53. The van der Waals surface area contributed by atoms with E-state index in [0.717, 1.165) is 22.8 Å². The number of Topliss-reactive ketones (excluding diaryl/α,β-unsaturated/α-hetero) is 2. The number of nitrogens with two attached hydrogens (primary N) is 1. The average molecular weight is 1650 g/mol. The van der Waals surface area contributed by atoms with Crippen molar-refractivity contribution in [1.29, 1.82) is 5.41 Å². The second kappa shape index (κ2) is 36.9. The topological polar surface area (TPSA) is 484 Å². The van der Waals surface area contributed by atoms with Gasteiger partial charge < -0.3 is 112 Å². The second-order valence-corrected chi connectivity index (χ2v) is 31.0. The molecule has 7 heterocycles. The molecular formula is C82H88Cl3N7O23. The van der Waals surface area contributed by atoms with Gasteiger partial charge in [-0.15, -0.1) is 0 Å². The highest BCUT2D eigenvalue weighted by Gasteiger charge is 2.52. The first-order valence-electron chi connectivity index (χ1n) is 36.9. The van der Waals surface area contributed by atoms with E-state index in [1.165, 1.54) is 79.8 Å². The van der Waals surface area contributed by atoms with Gasteiger partial charge in [-0.3, -0.25) is 28.8 Å². The van der Waals surface area contributed by atoms with Gasteiger partial charge >= 0.3 is 6.15 Å². The van der Waals surface area contributed by atoms with Gasteiger partial charge in [-0.1, -0.05) is 103 Å². The number of aromatic hydroxyl groups is 3. The Bertz CT molecular complexity index is 4840. The third-order valence-electron chi connectivity index (χ3n) is 21.2. The summed E-state index contributed by atoms with van der Waals surface area (Å²) >= 11 is 20.6. The Hall–Kier alpha value is -9.96. The van der Waals surface area contributed by atoms with Crippen molar-refractivity contribution in [2.24, 2.45) is 23.5 Å². The Balaban J connectivity index is 0.00000427. The number of phenolic OH excluding ortho intramolecular Hbond substituents is 3. The van der Waals surface area contributed by atoms with Gasteiger partial charge in [0.2, 0.25) is 35.7 Å². The average Bonchev–Trinajstić information content (AvgIpc) is 0.768. The summed E-state index contributed by atoms with van der Waals surface area (Å²) < 4.78 is 39.9. The van der Waals surface area contributed by atoms with Gasteiger partial charge in [-0.05, 0) is 144 Å². The fourth-order valence-electron chi connectivity index (χ4n) is 15.0. The minimum atomic E-state index is -1.99. The molecule has 4 unspecified atom stereocenters. The van der Waals surface area contributed by atoms with E-state index in [2.05, 4.69) is 26.6 Å². The number of benzene rings is 7. The lowest BCUT2D eigenvalue weighted by Crippen LogP contribution is -2.65. The molecule has 2 saturated heterocycles. The summed E-state index contributed by atoms with van der Waals surface area (Å²) in [5.41, 5.74) is 6.51. The van der Waals surface area contributed by atoms with Gasteiger partial charge in [0.1, 0.15) is 65.0 Å². The van der Waals surface area contributed by atoms with Crippen molar-refractivity contribution >= 4 is 81.9 Å². The molecule has 7 aromatic rings. The molecule has 17 atom stereocenters. The number of ketones is 2. The Morgan fingerprint density at radius 1 is 0.730 bits per heavy atom. The molecule has 14 rings (SSSR count). The predicted octanol–water partition coefficient (Wildman–Crippen LogP) is 7.57. The third kappa shape index (κ3) is 19.6. The van der Waals surface area contributed by atoms with Crippen molar-refractivity contribution in [3.8, 4) is 68.2 Å². The summed E-state index contributed by atoms with van der Waals surface area (Å²) in [6.07, 6.45) is -19.4. The van der Waals surface area contributed by atoms with Crippen molar-refractivity contribution in [2.45, 2.75) is 170 Å². The van der Waals surface area contributed by atoms with Gasteiger partial charge in [0.25, 0.3) is 0 Å². The molecule has 30 nitrogen and oxygen atoms in total. The molecule has 17 N–H and O–H groups in total. The summed E-state index contributed by atoms with van der Waals surface area (Å²) in [5.74, 6) is -14.1. The molecule has 11 bridgehead atoms. The number of carbonyl (C=O) groups is 6. The summed E-state index contributed by atoms with van der Waals surface area (Å²) in [6.45, 7) is 5.97. The van der Waals surface area contributed by atoms with Crippen molar-refractivity contribution in [3.05, 3.63) is 176 Å². The number of phenols is 3. The molecule has 7 aliphatic rings. The number of carbonyl (C=O) groups excluding carboxylic acids is 8. The Morgan fingerprint density at radius 2 is 1.35 bits per heavy atom. The largest absolute Gasteiger partial charge is 0.508 e. The number of halogens is 3. The highest BCUT2D eigenvalue weighted by molar-refractivity contribution is 6.32. The number of hydrogen-bond donors (Lipinski definition) is 16. The Kier molecular flexibility index (Phi) is 27.6. The number of ether oxygens (including phenoxy) is 6. The molecule has 0 aromatic heterocycles. The smallest absolute Gasteiger partial charge is 0.373 e. The minimum Gasteiger partial charge on any atom is -0.508 e. The van der Waals surface area contributed by atoms with E-state index in [1.807, 2.05) is 50.2 Å². The van der Waals surface area contributed by atoms with E-state index < -0.39 is 217 Å². The van der Waals surface area contributed by atoms with Gasteiger partial charge in [-0.2, -0.15) is 9.59 Å². The molecule has 4 amide bonds. The number of nitrogens with one attached hydrogen (secondary N) is 6. The zero-order valence-electron chi connectivity index (χ0n) is 62.8. The fraction of sp³-hybridized carbons (Fsp3) is 0.390. The van der Waals surface area contributed by atoms with Crippen LogP contribution in [0.5, 0.6) is 46.0 Å². The van der Waals surface area contributed by atoms with Crippen LogP contribution in [0.2, 0.25) is 15.1 Å². The number of hydrogen-bond acceptors (Lipinski definition) is 26. The van der Waals surface area contributed by atoms with Crippen LogP contribution in [0.15, 0.2) is 127 Å². The van der Waals surface area contributed by atoms with Crippen LogP contribution in [0, 0.1) is 23.2 Å². The maximum atomic E-state index is 15.7. The number of primary amides is 1. The van der Waals surface area contributed by atoms with Crippen LogP contribution in [0.4, 0.5) is 0 Å². The predicted molar refractivity (Wildman–Crippen MR) is 414 cm³/mol. The maximum absolute atomic E-state index is 15.7. The first-order valence-corrected chi connectivity index (χ1v) is 38.0. The molecular weight excluding hydrogens is 1560 g/mol. The van der Waals surface area contributed by atoms with E-state index in [0.29, 0.717) is 5.02 Å². The molecule has 7 aromatic carbocycles. The molecule has 33 heteroatoms. The van der Waals surface area contributed by atoms with Gasteiger partial charge in [-0.25, -0.2) is 0 Å². The van der Waals surface area contributed by atoms with Gasteiger partial charge in [0, 0.05) is 84.6 Å². The quantitative estimate of drug-likeness (QED) is 0.0443. The normalized spacial score (nSPS) is 26.6. The van der Waals surface area contributed by atoms with E-state index in [9.17, 15) is 65.8 Å². The van der Waals surface area contributed by atoms with Crippen LogP contribution in [0.1, 0.15) is 124 Å². The summed E-state index contributed by atoms with van der Waals surface area (Å²) in [5, 5.41) is 131. The molecule has 2 fully saturated rings. The lowest BCUT2D eigenvalue weighted by molar-refractivity contribution is -0.334. The lowest BCUT2D eigenvalue weighted by Gasteiger charge is -2.48. The SMILES string of the molecule is CN[C@H](CC(C)C)C(=O)N[C@H]1C(=O)C[C@@H](CC(N)=O)C(=O)N[C@H]2C(=N)C[C@@H]3C(=O)C[C@H](C(=O)NCc4cc(O)cc(O)c4-c4cc3ccc4O)[C@H](O)c3ccc(c(Cl)c3)Oc3cc2cc(c3OC2OC(CO)C(O)[C@H](O)[C@H]2O[C@H]2CC(C)(NCc3ccc(-c4ccc(Cl)cc4)cc3)[C@H](O)[C@H](C)O2)Oc2ccc(cc2Cl)[C@H]1O.O=C=O. The second-order valence-electron chi connectivity index (χ2n) is 29.7. The van der Waals surface area contributed by atoms with Crippen molar-refractivity contribution in [3.63, 3.8) is 0 Å². The first-order chi connectivity index (χ1) is 54.7. The van der Waals surface area contributed by atoms with E-state index >= 15 is 14.4 Å². The van der Waals surface area contributed by atoms with Gasteiger partial charge in [0.15, 0.2) is 29.7 Å². The highest BCUT2D eigenvalue weighted by Crippen LogP contribution is 2.51. The van der Waals surface area contributed by atoms with Crippen molar-refractivity contribution < 1.29 is 113 Å². The van der Waals surface area contributed by atoms with Crippen LogP contribution in [0.3, 0.4) is 0 Å². The van der Waals surface area contributed by atoms with Crippen LogP contribution < -0.4 is 46.5 Å². The first kappa shape index (κ1) is 85.9. The molecule has 7 aliphatic heterocycles. The molecule has 0 saturated carbocycles. The zero-order valence-corrected chi connectivity index (χ0v) is 65.0. The van der Waals surface area contributed by atoms with Crippen LogP contribution in [0.25, 0.3) is 22.3 Å². The summed E-state index contributed by atoms with van der Waals surface area (Å²) in [6, 6.07) is 26.8. The van der Waals surface area contributed by atoms with Gasteiger partial charge in [0.05, 0.1) is 58.9 Å². The van der Waals surface area contributed by atoms with E-state index in [1.54, 1.807) is 26.0 Å². The Morgan fingerprint density at radius 3 is 1.95 bits per heavy atom. The Labute approximate surface area is 674 Å². The number of aliphatic hydroxyl groups is 6. The maximum Gasteiger partial charge on any atom is 0.373 e. The van der Waals surface area contributed by atoms with Crippen LogP contribution in [-0.2, 0) is 65.7 Å². The van der Waals surface area contributed by atoms with E-state index in [4.69, 9.17) is 78.5 Å². The third-order valence-corrected chi connectivity index (χ3v) is 22.0. The molecule has 0 radical (unpaired) electrons. The minimum absolute atomic E-state index is 0.0316. The van der Waals surface area contributed by atoms with E-state index in [-0.39, 0.29) is 91.9 Å². The number of rotatable bonds is 16. The van der Waals surface area contributed by atoms with Crippen LogP contribution in [-0.4, -0.2) is 173 Å². The number of fused-ring (bicyclic) bond motifs is 15. The standard InChI is InChI=1S/C81H88Cl3N7O21.CO2/c1-36(2)20-55(87-5)79(106)91-69-59(97)25-45(28-65(86)98)77(104)90-68-44-26-62(108-60-18-13-42(23-52(60)83)70(99)51-31-57(95)49(30-54(68)85)41-12-17-56(94)50(22-41)67-46(34-88-78(51)105)21-48(93)29-58(67)96)74(63(27-44)109-61-19-14-43(71(69)100)24-53(61)84)112-80-75(73(102)72(101)64(35-92)110-80)111-66-32-81(4,76(103)37(3)107-66)89-33-38-6-8-39(9-7-38)40-10-15-47(82)16-11-40;2-1-3/h6-19,21-24,26-27,29,36-37,45,49,51,55,64,66,68-73,75-76,80,85,87,89,92-94,96,99-103H,20,25,28,30-35H2,1-5H3,(H2,86,98)(H,88,105)(H,90,104)(H,91,106);/t37-,45-,49-,51-,55+,64?,66-,68+,69-,70+,71+,72?,73-,75+,76+,80?,81?;/m0./s1. The molecule has 0 aliphatic carbocycles. The molecule has 115 heavy (non-hydrogen) atoms. The summed E-state index contributed by atoms with van der Waals surface area (Å²) in [4.78, 5) is 105. The number of aliphatic hydroxyl groups excluding tert-OH is 6. The van der Waals surface area contributed by atoms with Crippen LogP contribution >= 0.6 is 34.8 Å². The fourth-order valence-corrected chi connectivity index (χ4v) is 15.6. The number of amides is 4. The van der Waals surface area contributed by atoms with Crippen molar-refractivity contribution in [2.75, 3.05) is 13.7 Å². The van der Waals surface area contributed by atoms with Crippen molar-refractivity contribution in [1.82, 2.24) is 26.6 Å². The molecule has 610 valence electrons. The lowest BCUT2D eigenvalue weighted by atomic mass is 9.79. The monoisotopic (exact) mass is 1640 g/mol. The highest BCUT2D eigenvalue weighted by atomic mass is 35.5. The zero-order chi connectivity index (χ0) is 83.2. The molecule has 0 spiro atoms.